The van der Waals surface area contributed by atoms with Crippen molar-refractivity contribution in [2.75, 3.05) is 19.1 Å². The molecule has 1 amide bonds. The summed E-state index contributed by atoms with van der Waals surface area (Å²) in [4.78, 5) is 14.2. The van der Waals surface area contributed by atoms with Gasteiger partial charge in [0, 0.05) is 13.1 Å². The standard InChI is InChI=1S/C15H22N2O2/c1-17(13-9-5-6-10-14(13)19-2)15(18)11-7-3-4-8-12(11)16/h5-6,9-12H,3-4,7-8,16H2,1-2H3. The predicted molar refractivity (Wildman–Crippen MR) is 76.3 cm³/mol. The van der Waals surface area contributed by atoms with E-state index < -0.39 is 0 Å². The molecule has 104 valence electrons. The summed E-state index contributed by atoms with van der Waals surface area (Å²) in [6.07, 6.45) is 4.04. The molecule has 1 aromatic rings. The Kier molecular flexibility index (Phi) is 4.43. The van der Waals surface area contributed by atoms with E-state index in [9.17, 15) is 4.79 Å². The zero-order valence-electron chi connectivity index (χ0n) is 11.6. The molecule has 2 unspecified atom stereocenters. The second kappa shape index (κ2) is 6.06. The molecule has 0 bridgehead atoms. The summed E-state index contributed by atoms with van der Waals surface area (Å²) in [5.41, 5.74) is 6.89. The Labute approximate surface area is 114 Å². The van der Waals surface area contributed by atoms with Crippen LogP contribution in [0.15, 0.2) is 24.3 Å². The van der Waals surface area contributed by atoms with Crippen LogP contribution in [0.1, 0.15) is 25.7 Å². The Hall–Kier alpha value is -1.55. The molecule has 0 aromatic heterocycles. The number of carbonyl (C=O) groups is 1. The van der Waals surface area contributed by atoms with Crippen LogP contribution < -0.4 is 15.4 Å². The molecule has 0 saturated heterocycles. The van der Waals surface area contributed by atoms with Crippen molar-refractivity contribution in [1.82, 2.24) is 0 Å². The molecule has 1 aromatic carbocycles. The smallest absolute Gasteiger partial charge is 0.231 e. The van der Waals surface area contributed by atoms with Crippen LogP contribution >= 0.6 is 0 Å². The first-order chi connectivity index (χ1) is 9.15. The van der Waals surface area contributed by atoms with E-state index in [1.807, 2.05) is 24.3 Å². The summed E-state index contributed by atoms with van der Waals surface area (Å²) in [5.74, 6) is 0.739. The molecule has 2 rings (SSSR count). The van der Waals surface area contributed by atoms with Crippen LogP contribution in [0.4, 0.5) is 5.69 Å². The molecule has 1 fully saturated rings. The van der Waals surface area contributed by atoms with Crippen molar-refractivity contribution in [3.8, 4) is 5.75 Å². The van der Waals surface area contributed by atoms with E-state index in [0.29, 0.717) is 5.75 Å². The van der Waals surface area contributed by atoms with Gasteiger partial charge >= 0.3 is 0 Å². The van der Waals surface area contributed by atoms with Crippen LogP contribution in [-0.4, -0.2) is 26.1 Å². The van der Waals surface area contributed by atoms with Crippen LogP contribution in [0.2, 0.25) is 0 Å². The third-order valence-electron chi connectivity index (χ3n) is 3.91. The first-order valence-corrected chi connectivity index (χ1v) is 6.81. The summed E-state index contributed by atoms with van der Waals surface area (Å²) < 4.78 is 5.31. The SMILES string of the molecule is COc1ccccc1N(C)C(=O)C1CCCCC1N. The molecule has 0 aliphatic heterocycles. The maximum atomic E-state index is 12.6. The number of ether oxygens (including phenoxy) is 1. The molecule has 0 spiro atoms. The number of nitrogens with two attached hydrogens (primary N) is 1. The molecule has 1 saturated carbocycles. The summed E-state index contributed by atoms with van der Waals surface area (Å²) in [7, 11) is 3.41. The maximum Gasteiger partial charge on any atom is 0.231 e. The second-order valence-electron chi connectivity index (χ2n) is 5.12. The highest BCUT2D eigenvalue weighted by Crippen LogP contribution is 2.30. The molecular formula is C15H22N2O2. The van der Waals surface area contributed by atoms with Gasteiger partial charge in [-0.25, -0.2) is 0 Å². The van der Waals surface area contributed by atoms with Gasteiger partial charge in [-0.2, -0.15) is 0 Å². The maximum absolute atomic E-state index is 12.6. The fraction of sp³-hybridized carbons (Fsp3) is 0.533. The fourth-order valence-electron chi connectivity index (χ4n) is 2.74. The number of hydrogen-bond acceptors (Lipinski definition) is 3. The monoisotopic (exact) mass is 262 g/mol. The van der Waals surface area contributed by atoms with Crippen molar-refractivity contribution in [3.63, 3.8) is 0 Å². The van der Waals surface area contributed by atoms with Gasteiger partial charge in [0.2, 0.25) is 5.91 Å². The highest BCUT2D eigenvalue weighted by atomic mass is 16.5. The van der Waals surface area contributed by atoms with Gasteiger partial charge in [0.25, 0.3) is 0 Å². The lowest BCUT2D eigenvalue weighted by Crippen LogP contribution is -2.44. The van der Waals surface area contributed by atoms with Gasteiger partial charge in [-0.05, 0) is 25.0 Å². The van der Waals surface area contributed by atoms with Gasteiger partial charge in [-0.15, -0.1) is 0 Å². The van der Waals surface area contributed by atoms with E-state index in [1.165, 1.54) is 0 Å². The largest absolute Gasteiger partial charge is 0.495 e. The summed E-state index contributed by atoms with van der Waals surface area (Å²) in [5, 5.41) is 0. The zero-order chi connectivity index (χ0) is 13.8. The number of benzene rings is 1. The van der Waals surface area contributed by atoms with Crippen molar-refractivity contribution in [3.05, 3.63) is 24.3 Å². The van der Waals surface area contributed by atoms with Crippen molar-refractivity contribution in [2.45, 2.75) is 31.7 Å². The average molecular weight is 262 g/mol. The third kappa shape index (κ3) is 2.89. The number of nitrogens with zero attached hydrogens (tertiary/aromatic N) is 1. The van der Waals surface area contributed by atoms with E-state index in [-0.39, 0.29) is 17.9 Å². The Bertz CT molecular complexity index is 448. The quantitative estimate of drug-likeness (QED) is 0.908. The number of methoxy groups -OCH3 is 1. The number of rotatable bonds is 3. The molecule has 2 N–H and O–H groups in total. The predicted octanol–water partition coefficient (Wildman–Crippen LogP) is 2.18. The zero-order valence-corrected chi connectivity index (χ0v) is 11.6. The lowest BCUT2D eigenvalue weighted by atomic mass is 9.84. The number of carbonyl (C=O) groups excluding carboxylic acids is 1. The van der Waals surface area contributed by atoms with E-state index in [1.54, 1.807) is 19.1 Å². The van der Waals surface area contributed by atoms with E-state index in [4.69, 9.17) is 10.5 Å². The van der Waals surface area contributed by atoms with Crippen LogP contribution in [0.3, 0.4) is 0 Å². The number of anilines is 1. The second-order valence-corrected chi connectivity index (χ2v) is 5.12. The molecule has 0 radical (unpaired) electrons. The topological polar surface area (TPSA) is 55.6 Å². The first kappa shape index (κ1) is 13.9. The van der Waals surface area contributed by atoms with Gasteiger partial charge in [-0.1, -0.05) is 25.0 Å². The van der Waals surface area contributed by atoms with Crippen LogP contribution in [-0.2, 0) is 4.79 Å². The Morgan fingerprint density at radius 2 is 2.00 bits per heavy atom. The van der Waals surface area contributed by atoms with Crippen LogP contribution in [0.5, 0.6) is 5.75 Å². The summed E-state index contributed by atoms with van der Waals surface area (Å²) in [6.45, 7) is 0. The van der Waals surface area contributed by atoms with Gasteiger partial charge < -0.3 is 15.4 Å². The Morgan fingerprint density at radius 3 is 2.68 bits per heavy atom. The van der Waals surface area contributed by atoms with Gasteiger partial charge in [0.05, 0.1) is 18.7 Å². The van der Waals surface area contributed by atoms with Gasteiger partial charge in [0.15, 0.2) is 0 Å². The van der Waals surface area contributed by atoms with Crippen molar-refractivity contribution < 1.29 is 9.53 Å². The number of para-hydroxylation sites is 2. The Balaban J connectivity index is 2.18. The van der Waals surface area contributed by atoms with Crippen molar-refractivity contribution in [2.24, 2.45) is 11.7 Å². The lowest BCUT2D eigenvalue weighted by molar-refractivity contribution is -0.123. The number of amides is 1. The molecular weight excluding hydrogens is 240 g/mol. The van der Waals surface area contributed by atoms with Crippen molar-refractivity contribution >= 4 is 11.6 Å². The first-order valence-electron chi connectivity index (χ1n) is 6.81. The number of hydrogen-bond donors (Lipinski definition) is 1. The van der Waals surface area contributed by atoms with Crippen molar-refractivity contribution in [1.29, 1.82) is 0 Å². The highest BCUT2D eigenvalue weighted by molar-refractivity contribution is 5.96. The lowest BCUT2D eigenvalue weighted by Gasteiger charge is -2.31. The van der Waals surface area contributed by atoms with E-state index >= 15 is 0 Å². The minimum atomic E-state index is -0.0661. The highest BCUT2D eigenvalue weighted by Gasteiger charge is 2.31. The molecule has 2 atom stereocenters. The third-order valence-corrected chi connectivity index (χ3v) is 3.91. The van der Waals surface area contributed by atoms with Gasteiger partial charge in [-0.3, -0.25) is 4.79 Å². The van der Waals surface area contributed by atoms with Crippen LogP contribution in [0.25, 0.3) is 0 Å². The average Bonchev–Trinajstić information content (AvgIpc) is 2.46. The molecule has 19 heavy (non-hydrogen) atoms. The molecule has 0 heterocycles. The normalized spacial score (nSPS) is 22.9. The van der Waals surface area contributed by atoms with Crippen LogP contribution in [0, 0.1) is 5.92 Å². The molecule has 1 aliphatic rings. The summed E-state index contributed by atoms with van der Waals surface area (Å²) in [6, 6.07) is 7.54. The molecule has 4 nitrogen and oxygen atoms in total. The molecule has 4 heteroatoms. The van der Waals surface area contributed by atoms with E-state index in [2.05, 4.69) is 0 Å². The van der Waals surface area contributed by atoms with Gasteiger partial charge in [0.1, 0.15) is 5.75 Å². The Morgan fingerprint density at radius 1 is 1.32 bits per heavy atom. The summed E-state index contributed by atoms with van der Waals surface area (Å²) >= 11 is 0. The minimum absolute atomic E-state index is 0.0154. The van der Waals surface area contributed by atoms with E-state index in [0.717, 1.165) is 31.4 Å². The minimum Gasteiger partial charge on any atom is -0.495 e. The molecule has 1 aliphatic carbocycles. The fourth-order valence-corrected chi connectivity index (χ4v) is 2.74.